The van der Waals surface area contributed by atoms with Gasteiger partial charge in [0.2, 0.25) is 11.2 Å². The van der Waals surface area contributed by atoms with E-state index >= 15 is 0 Å². The van der Waals surface area contributed by atoms with Crippen LogP contribution in [0.3, 0.4) is 0 Å². The lowest BCUT2D eigenvalue weighted by Crippen LogP contribution is -2.35. The number of aliphatic imine (C=N–C) groups is 1. The molecule has 1 amide bonds. The fourth-order valence-corrected chi connectivity index (χ4v) is 1.73. The molecule has 1 unspecified atom stereocenters. The fraction of sp³-hybridized carbons (Fsp3) is 0.167. The highest BCUT2D eigenvalue weighted by atomic mass is 35.5. The number of amides is 1. The Labute approximate surface area is 122 Å². The third kappa shape index (κ3) is 3.82. The third-order valence-electron chi connectivity index (χ3n) is 2.55. The van der Waals surface area contributed by atoms with Crippen LogP contribution in [0.1, 0.15) is 12.0 Å². The Morgan fingerprint density at radius 2 is 2.14 bits per heavy atom. The van der Waals surface area contributed by atoms with Crippen LogP contribution in [-0.4, -0.2) is 29.4 Å². The number of nitrogens with one attached hydrogen (secondary N) is 2. The van der Waals surface area contributed by atoms with Gasteiger partial charge in [0.15, 0.2) is 0 Å². The highest BCUT2D eigenvalue weighted by Crippen LogP contribution is 2.09. The molecule has 2 N–H and O–H groups in total. The number of benzene rings is 1. The number of nitrogens with zero attached hydrogens (tertiary/aromatic N) is 2. The maximum Gasteiger partial charge on any atom is 0.252 e. The molecule has 21 heavy (non-hydrogen) atoms. The minimum atomic E-state index is -0.933. The Bertz CT molecular complexity index is 628. The van der Waals surface area contributed by atoms with Crippen LogP contribution in [0.15, 0.2) is 28.3 Å². The van der Waals surface area contributed by atoms with E-state index in [4.69, 9.17) is 11.6 Å². The topological polar surface area (TPSA) is 82.9 Å². The van der Waals surface area contributed by atoms with Gasteiger partial charge in [0, 0.05) is 0 Å². The molecule has 0 bridgehead atoms. The smallest absolute Gasteiger partial charge is 0.252 e. The molecule has 1 aromatic carbocycles. The Kier molecular flexibility index (Phi) is 4.59. The van der Waals surface area contributed by atoms with E-state index in [1.165, 1.54) is 6.07 Å². The van der Waals surface area contributed by atoms with Crippen LogP contribution in [0.4, 0.5) is 8.78 Å². The molecule has 0 aliphatic carbocycles. The first-order chi connectivity index (χ1) is 9.97. The summed E-state index contributed by atoms with van der Waals surface area (Å²) in [6.45, 7) is 0. The SMILES string of the molecule is O=C(Cl)CC1N=C(N/N=C/c2c(F)cccc2F)NC1=O. The van der Waals surface area contributed by atoms with Crippen LogP contribution in [0, 0.1) is 11.6 Å². The van der Waals surface area contributed by atoms with Gasteiger partial charge in [-0.1, -0.05) is 6.07 Å². The summed E-state index contributed by atoms with van der Waals surface area (Å²) in [7, 11) is 0. The quantitative estimate of drug-likeness (QED) is 0.492. The standard InChI is InChI=1S/C12H9ClF2N4O2/c13-10(20)4-9-11(21)18-12(17-9)19-16-5-6-7(14)2-1-3-8(6)15/h1-3,5,9H,4H2,(H2,17,18,19,21)/b16-5+. The summed E-state index contributed by atoms with van der Waals surface area (Å²) in [5.74, 6) is -2.10. The zero-order valence-corrected chi connectivity index (χ0v) is 11.2. The lowest BCUT2D eigenvalue weighted by molar-refractivity contribution is -0.122. The van der Waals surface area contributed by atoms with Crippen LogP contribution in [0.5, 0.6) is 0 Å². The minimum Gasteiger partial charge on any atom is -0.293 e. The van der Waals surface area contributed by atoms with E-state index in [-0.39, 0.29) is 17.9 Å². The van der Waals surface area contributed by atoms with Gasteiger partial charge in [-0.15, -0.1) is 0 Å². The first kappa shape index (κ1) is 15.0. The van der Waals surface area contributed by atoms with Crippen molar-refractivity contribution in [2.24, 2.45) is 10.1 Å². The van der Waals surface area contributed by atoms with E-state index in [9.17, 15) is 18.4 Å². The first-order valence-electron chi connectivity index (χ1n) is 5.77. The van der Waals surface area contributed by atoms with Gasteiger partial charge < -0.3 is 0 Å². The molecular weight excluding hydrogens is 306 g/mol. The van der Waals surface area contributed by atoms with Gasteiger partial charge >= 0.3 is 0 Å². The molecule has 6 nitrogen and oxygen atoms in total. The summed E-state index contributed by atoms with van der Waals surface area (Å²) in [5.41, 5.74) is 1.99. The normalized spacial score (nSPS) is 17.8. The highest BCUT2D eigenvalue weighted by Gasteiger charge is 2.27. The Balaban J connectivity index is 2.02. The molecule has 1 aliphatic heterocycles. The molecule has 2 rings (SSSR count). The monoisotopic (exact) mass is 314 g/mol. The molecular formula is C12H9ClF2N4O2. The number of carbonyl (C=O) groups is 2. The average Bonchev–Trinajstić information content (AvgIpc) is 2.73. The molecule has 110 valence electrons. The van der Waals surface area contributed by atoms with Gasteiger partial charge in [0.25, 0.3) is 5.91 Å². The average molecular weight is 315 g/mol. The zero-order valence-electron chi connectivity index (χ0n) is 10.4. The summed E-state index contributed by atoms with van der Waals surface area (Å²) in [4.78, 5) is 25.9. The maximum absolute atomic E-state index is 13.3. The molecule has 1 aliphatic rings. The Morgan fingerprint density at radius 3 is 2.76 bits per heavy atom. The molecule has 0 saturated heterocycles. The second-order valence-electron chi connectivity index (χ2n) is 4.05. The number of hydrogen-bond donors (Lipinski definition) is 2. The highest BCUT2D eigenvalue weighted by molar-refractivity contribution is 6.63. The van der Waals surface area contributed by atoms with Crippen molar-refractivity contribution in [3.63, 3.8) is 0 Å². The van der Waals surface area contributed by atoms with Crippen LogP contribution in [-0.2, 0) is 9.59 Å². The molecule has 0 saturated carbocycles. The van der Waals surface area contributed by atoms with Crippen molar-refractivity contribution in [2.75, 3.05) is 0 Å². The van der Waals surface area contributed by atoms with E-state index in [1.807, 2.05) is 0 Å². The van der Waals surface area contributed by atoms with E-state index in [2.05, 4.69) is 20.8 Å². The molecule has 1 atom stereocenters. The largest absolute Gasteiger partial charge is 0.293 e. The number of hydrazone groups is 1. The maximum atomic E-state index is 13.3. The summed E-state index contributed by atoms with van der Waals surface area (Å²) in [5, 5.41) is 5.19. The van der Waals surface area contributed by atoms with Crippen LogP contribution < -0.4 is 10.7 Å². The van der Waals surface area contributed by atoms with Gasteiger partial charge in [-0.25, -0.2) is 19.2 Å². The molecule has 1 aromatic rings. The number of hydrogen-bond acceptors (Lipinski definition) is 5. The Hall–Kier alpha value is -2.35. The number of rotatable bonds is 4. The van der Waals surface area contributed by atoms with Gasteiger partial charge in [-0.3, -0.25) is 14.9 Å². The van der Waals surface area contributed by atoms with Crippen molar-refractivity contribution in [1.29, 1.82) is 0 Å². The number of halogens is 3. The van der Waals surface area contributed by atoms with Crippen molar-refractivity contribution in [3.8, 4) is 0 Å². The van der Waals surface area contributed by atoms with Gasteiger partial charge in [-0.2, -0.15) is 5.10 Å². The fourth-order valence-electron chi connectivity index (χ4n) is 1.59. The van der Waals surface area contributed by atoms with E-state index < -0.39 is 28.8 Å². The van der Waals surface area contributed by atoms with E-state index in [1.54, 1.807) is 0 Å². The Morgan fingerprint density at radius 1 is 1.48 bits per heavy atom. The van der Waals surface area contributed by atoms with Crippen molar-refractivity contribution < 1.29 is 18.4 Å². The van der Waals surface area contributed by atoms with Crippen molar-refractivity contribution >= 4 is 34.9 Å². The molecule has 0 fully saturated rings. The summed E-state index contributed by atoms with van der Waals surface area (Å²) in [6, 6.07) is 2.46. The predicted molar refractivity (Wildman–Crippen MR) is 71.9 cm³/mol. The number of carbonyl (C=O) groups excluding carboxylic acids is 2. The van der Waals surface area contributed by atoms with Crippen LogP contribution in [0.25, 0.3) is 0 Å². The summed E-state index contributed by atoms with van der Waals surface area (Å²) < 4.78 is 26.6. The summed E-state index contributed by atoms with van der Waals surface area (Å²) >= 11 is 5.17. The molecule has 0 aromatic heterocycles. The molecule has 1 heterocycles. The summed E-state index contributed by atoms with van der Waals surface area (Å²) in [6.07, 6.45) is 0.670. The molecule has 0 radical (unpaired) electrons. The predicted octanol–water partition coefficient (Wildman–Crippen LogP) is 0.898. The van der Waals surface area contributed by atoms with Gasteiger partial charge in [-0.05, 0) is 23.7 Å². The van der Waals surface area contributed by atoms with Gasteiger partial charge in [0.05, 0.1) is 18.2 Å². The second kappa shape index (κ2) is 6.40. The third-order valence-corrected chi connectivity index (χ3v) is 2.70. The second-order valence-corrected chi connectivity index (χ2v) is 4.47. The van der Waals surface area contributed by atoms with Crippen molar-refractivity contribution in [2.45, 2.75) is 12.5 Å². The lowest BCUT2D eigenvalue weighted by atomic mass is 10.2. The van der Waals surface area contributed by atoms with Gasteiger partial charge in [0.1, 0.15) is 17.7 Å². The van der Waals surface area contributed by atoms with Crippen LogP contribution >= 0.6 is 11.6 Å². The molecule has 9 heteroatoms. The van der Waals surface area contributed by atoms with Crippen LogP contribution in [0.2, 0.25) is 0 Å². The van der Waals surface area contributed by atoms with Crippen molar-refractivity contribution in [1.82, 2.24) is 10.7 Å². The molecule has 0 spiro atoms. The first-order valence-corrected chi connectivity index (χ1v) is 6.15. The lowest BCUT2D eigenvalue weighted by Gasteiger charge is -2.00. The van der Waals surface area contributed by atoms with E-state index in [0.29, 0.717) is 0 Å². The zero-order chi connectivity index (χ0) is 15.4. The minimum absolute atomic E-state index is 0.0316. The van der Waals surface area contributed by atoms with E-state index in [0.717, 1.165) is 18.3 Å². The number of guanidine groups is 1. The van der Waals surface area contributed by atoms with Crippen molar-refractivity contribution in [3.05, 3.63) is 35.4 Å².